The van der Waals surface area contributed by atoms with Gasteiger partial charge < -0.3 is 21.3 Å². The third-order valence-corrected chi connectivity index (χ3v) is 11.1. The number of hydrogen-bond acceptors (Lipinski definition) is 11. The Morgan fingerprint density at radius 3 is 2.16 bits per heavy atom. The highest BCUT2D eigenvalue weighted by molar-refractivity contribution is 7.93. The molecule has 1 aliphatic rings. The van der Waals surface area contributed by atoms with Crippen LogP contribution in [0.3, 0.4) is 0 Å². The zero-order chi connectivity index (χ0) is 34.9. The molecule has 0 aliphatic heterocycles. The molecule has 2 aromatic heterocycles. The lowest BCUT2D eigenvalue weighted by Crippen LogP contribution is -2.29. The summed E-state index contributed by atoms with van der Waals surface area (Å²) in [4.78, 5) is 31.1. The standard InChI is InChI=1S/C36H41N9O3S2/c1-24-7-6-10-29(25(24)2)23-40-35-43-33(38-21-26-8-4-3-5-9-26)42-34(44-35)39-22-27-11-13-28(14-12-27)32(46)41-30-15-17-31(18-16-30)50(47,48)45-36-37-19-20-49-36/h3-10,15-20,27-28H,11-14,21-23H2,1-2H3,(H,37,45)(H,41,46)(H3,38,39,40,42,43,44). The van der Waals surface area contributed by atoms with Crippen molar-refractivity contribution in [1.29, 1.82) is 0 Å². The summed E-state index contributed by atoms with van der Waals surface area (Å²) in [6, 6.07) is 22.5. The molecule has 12 nitrogen and oxygen atoms in total. The van der Waals surface area contributed by atoms with Gasteiger partial charge in [-0.05, 0) is 92.0 Å². The lowest BCUT2D eigenvalue weighted by atomic mass is 9.81. The van der Waals surface area contributed by atoms with Gasteiger partial charge in [0.1, 0.15) is 0 Å². The predicted octanol–water partition coefficient (Wildman–Crippen LogP) is 6.83. The zero-order valence-corrected chi connectivity index (χ0v) is 29.7. The van der Waals surface area contributed by atoms with Crippen LogP contribution in [0, 0.1) is 25.7 Å². The molecule has 260 valence electrons. The molecular weight excluding hydrogens is 671 g/mol. The first-order valence-corrected chi connectivity index (χ1v) is 19.0. The van der Waals surface area contributed by atoms with Gasteiger partial charge in [0.05, 0.1) is 4.90 Å². The molecule has 6 rings (SSSR count). The molecule has 5 N–H and O–H groups in total. The number of sulfonamides is 1. The second-order valence-electron chi connectivity index (χ2n) is 12.4. The van der Waals surface area contributed by atoms with Crippen LogP contribution in [0.2, 0.25) is 0 Å². The van der Waals surface area contributed by atoms with Gasteiger partial charge >= 0.3 is 0 Å². The van der Waals surface area contributed by atoms with Crippen LogP contribution in [0.5, 0.6) is 0 Å². The minimum absolute atomic E-state index is 0.0564. The smallest absolute Gasteiger partial charge is 0.263 e. The first-order valence-electron chi connectivity index (χ1n) is 16.6. The Kier molecular flexibility index (Phi) is 11.2. The molecule has 1 amide bonds. The van der Waals surface area contributed by atoms with E-state index in [-0.39, 0.29) is 16.7 Å². The van der Waals surface area contributed by atoms with Gasteiger partial charge in [0.15, 0.2) is 5.13 Å². The Bertz CT molecular complexity index is 1980. The van der Waals surface area contributed by atoms with Crippen LogP contribution in [0.1, 0.15) is 47.9 Å². The Morgan fingerprint density at radius 2 is 1.48 bits per heavy atom. The first kappa shape index (κ1) is 34.8. The number of benzene rings is 3. The molecule has 0 bridgehead atoms. The van der Waals surface area contributed by atoms with Gasteiger partial charge in [-0.3, -0.25) is 9.52 Å². The number of rotatable bonds is 14. The third-order valence-electron chi connectivity index (χ3n) is 8.94. The number of thiazole rings is 1. The fourth-order valence-corrected chi connectivity index (χ4v) is 7.63. The second kappa shape index (κ2) is 16.1. The lowest BCUT2D eigenvalue weighted by Gasteiger charge is -2.28. The van der Waals surface area contributed by atoms with Crippen LogP contribution in [-0.4, -0.2) is 40.8 Å². The molecule has 0 unspecified atom stereocenters. The lowest BCUT2D eigenvalue weighted by molar-refractivity contribution is -0.121. The number of aromatic nitrogens is 4. The molecule has 1 fully saturated rings. The number of amides is 1. The van der Waals surface area contributed by atoms with E-state index in [2.05, 4.69) is 90.1 Å². The fourth-order valence-electron chi connectivity index (χ4n) is 5.84. The van der Waals surface area contributed by atoms with E-state index in [9.17, 15) is 13.2 Å². The fraction of sp³-hybridized carbons (Fsp3) is 0.306. The van der Waals surface area contributed by atoms with E-state index in [0.29, 0.717) is 54.2 Å². The van der Waals surface area contributed by atoms with Crippen molar-refractivity contribution >= 4 is 55.9 Å². The number of carbonyl (C=O) groups is 1. The number of nitrogens with one attached hydrogen (secondary N) is 5. The van der Waals surface area contributed by atoms with Crippen molar-refractivity contribution in [3.63, 3.8) is 0 Å². The maximum absolute atomic E-state index is 13.1. The van der Waals surface area contributed by atoms with Crippen LogP contribution >= 0.6 is 11.3 Å². The number of nitrogens with zero attached hydrogens (tertiary/aromatic N) is 4. The number of anilines is 5. The molecule has 14 heteroatoms. The molecule has 1 saturated carbocycles. The van der Waals surface area contributed by atoms with Crippen LogP contribution in [0.25, 0.3) is 0 Å². The summed E-state index contributed by atoms with van der Waals surface area (Å²) < 4.78 is 27.7. The average molecular weight is 712 g/mol. The van der Waals surface area contributed by atoms with Crippen molar-refractivity contribution < 1.29 is 13.2 Å². The van der Waals surface area contributed by atoms with E-state index < -0.39 is 10.0 Å². The normalized spacial score (nSPS) is 16.0. The van der Waals surface area contributed by atoms with Gasteiger partial charge in [0.25, 0.3) is 10.0 Å². The number of hydrogen-bond donors (Lipinski definition) is 5. The van der Waals surface area contributed by atoms with Crippen molar-refractivity contribution in [2.24, 2.45) is 11.8 Å². The zero-order valence-electron chi connectivity index (χ0n) is 28.0. The van der Waals surface area contributed by atoms with Gasteiger partial charge in [0, 0.05) is 42.8 Å². The van der Waals surface area contributed by atoms with E-state index in [0.717, 1.165) is 31.2 Å². The summed E-state index contributed by atoms with van der Waals surface area (Å²) in [5.74, 6) is 1.65. The molecule has 0 saturated heterocycles. The van der Waals surface area contributed by atoms with Crippen molar-refractivity contribution in [3.8, 4) is 0 Å². The molecule has 3 aromatic carbocycles. The minimum atomic E-state index is -3.76. The summed E-state index contributed by atoms with van der Waals surface area (Å²) in [6.45, 7) is 6.08. The highest BCUT2D eigenvalue weighted by Crippen LogP contribution is 2.30. The summed E-state index contributed by atoms with van der Waals surface area (Å²) in [6.07, 6.45) is 4.81. The number of aryl methyl sites for hydroxylation is 1. The molecule has 1 aliphatic carbocycles. The quantitative estimate of drug-likeness (QED) is 0.0826. The largest absolute Gasteiger partial charge is 0.354 e. The Balaban J connectivity index is 1.02. The van der Waals surface area contributed by atoms with E-state index >= 15 is 0 Å². The van der Waals surface area contributed by atoms with Crippen molar-refractivity contribution in [1.82, 2.24) is 19.9 Å². The summed E-state index contributed by atoms with van der Waals surface area (Å²) in [5, 5.41) is 15.1. The summed E-state index contributed by atoms with van der Waals surface area (Å²) in [5.41, 5.74) is 5.34. The van der Waals surface area contributed by atoms with Gasteiger partial charge in [-0.25, -0.2) is 13.4 Å². The van der Waals surface area contributed by atoms with Crippen LogP contribution < -0.4 is 26.0 Å². The SMILES string of the molecule is Cc1cccc(CNc2nc(NCc3ccccc3)nc(NCC3CCC(C(=O)Nc4ccc(S(=O)(=O)Nc5nccs5)cc4)CC3)n2)c1C. The van der Waals surface area contributed by atoms with Crippen LogP contribution in [-0.2, 0) is 27.9 Å². The van der Waals surface area contributed by atoms with E-state index in [1.165, 1.54) is 46.4 Å². The molecule has 0 atom stereocenters. The highest BCUT2D eigenvalue weighted by Gasteiger charge is 2.27. The first-order chi connectivity index (χ1) is 24.2. The maximum atomic E-state index is 13.1. The average Bonchev–Trinajstić information content (AvgIpc) is 3.64. The molecule has 0 spiro atoms. The predicted molar refractivity (Wildman–Crippen MR) is 199 cm³/mol. The van der Waals surface area contributed by atoms with Crippen LogP contribution in [0.15, 0.2) is 89.3 Å². The highest BCUT2D eigenvalue weighted by atomic mass is 32.2. The van der Waals surface area contributed by atoms with E-state index in [1.54, 1.807) is 17.5 Å². The molecule has 50 heavy (non-hydrogen) atoms. The van der Waals surface area contributed by atoms with Gasteiger partial charge in [-0.15, -0.1) is 11.3 Å². The van der Waals surface area contributed by atoms with Crippen molar-refractivity contribution in [2.45, 2.75) is 57.5 Å². The number of carbonyl (C=O) groups excluding carboxylic acids is 1. The van der Waals surface area contributed by atoms with E-state index in [1.807, 2.05) is 18.2 Å². The maximum Gasteiger partial charge on any atom is 0.263 e. The summed E-state index contributed by atoms with van der Waals surface area (Å²) in [7, 11) is -3.76. The molecule has 5 aromatic rings. The van der Waals surface area contributed by atoms with Crippen molar-refractivity contribution in [3.05, 3.63) is 107 Å². The Morgan fingerprint density at radius 1 is 0.800 bits per heavy atom. The Labute approximate surface area is 296 Å². The minimum Gasteiger partial charge on any atom is -0.354 e. The Hall–Kier alpha value is -5.08. The topological polar surface area (TPSA) is 163 Å². The monoisotopic (exact) mass is 711 g/mol. The van der Waals surface area contributed by atoms with E-state index in [4.69, 9.17) is 0 Å². The van der Waals surface area contributed by atoms with Crippen LogP contribution in [0.4, 0.5) is 28.7 Å². The van der Waals surface area contributed by atoms with Gasteiger partial charge in [0.2, 0.25) is 23.8 Å². The van der Waals surface area contributed by atoms with Crippen molar-refractivity contribution in [2.75, 3.05) is 32.5 Å². The third kappa shape index (κ3) is 9.33. The van der Waals surface area contributed by atoms with Gasteiger partial charge in [-0.1, -0.05) is 48.5 Å². The van der Waals surface area contributed by atoms with Gasteiger partial charge in [-0.2, -0.15) is 15.0 Å². The molecular formula is C36H41N9O3S2. The summed E-state index contributed by atoms with van der Waals surface area (Å²) >= 11 is 1.20. The second-order valence-corrected chi connectivity index (χ2v) is 15.0. The molecule has 2 heterocycles. The molecule has 0 radical (unpaired) electrons.